The molecule has 1 atom stereocenters. The van der Waals surface area contributed by atoms with E-state index >= 15 is 0 Å². The van der Waals surface area contributed by atoms with Crippen molar-refractivity contribution >= 4 is 23.2 Å². The highest BCUT2D eigenvalue weighted by molar-refractivity contribution is 7.10. The number of carboxylic acid groups (broad SMARTS) is 1. The zero-order valence-electron chi connectivity index (χ0n) is 14.9. The molecule has 2 heterocycles. The van der Waals surface area contributed by atoms with Gasteiger partial charge in [0.1, 0.15) is 0 Å². The zero-order chi connectivity index (χ0) is 18.5. The molecule has 6 heteroatoms. The largest absolute Gasteiger partial charge is 0.479 e. The average molecular weight is 372 g/mol. The monoisotopic (exact) mass is 372 g/mol. The summed E-state index contributed by atoms with van der Waals surface area (Å²) in [5.41, 5.74) is 1.36. The van der Waals surface area contributed by atoms with Crippen molar-refractivity contribution in [2.75, 3.05) is 26.7 Å². The second-order valence-electron chi connectivity index (χ2n) is 6.72. The maximum atomic E-state index is 12.6. The molecule has 1 saturated heterocycles. The van der Waals surface area contributed by atoms with Gasteiger partial charge in [0, 0.05) is 11.9 Å². The van der Waals surface area contributed by atoms with Crippen molar-refractivity contribution in [2.24, 2.45) is 0 Å². The maximum absolute atomic E-state index is 12.6. The molecule has 1 aromatic carbocycles. The Morgan fingerprint density at radius 2 is 1.88 bits per heavy atom. The van der Waals surface area contributed by atoms with E-state index in [9.17, 15) is 14.7 Å². The van der Waals surface area contributed by atoms with Gasteiger partial charge < -0.3 is 10.0 Å². The first-order chi connectivity index (χ1) is 12.6. The van der Waals surface area contributed by atoms with Crippen LogP contribution in [0.1, 0.15) is 35.2 Å². The summed E-state index contributed by atoms with van der Waals surface area (Å²) in [6.07, 6.45) is 2.04. The number of carbonyl (C=O) groups excluding carboxylic acids is 1. The molecule has 1 aliphatic heterocycles. The third-order valence-corrected chi connectivity index (χ3v) is 5.97. The molecule has 1 unspecified atom stereocenters. The van der Waals surface area contributed by atoms with Crippen LogP contribution >= 0.6 is 11.3 Å². The Hall–Kier alpha value is -2.18. The average Bonchev–Trinajstić information content (AvgIpc) is 3.17. The van der Waals surface area contributed by atoms with Gasteiger partial charge in [0.25, 0.3) is 0 Å². The van der Waals surface area contributed by atoms with E-state index in [4.69, 9.17) is 0 Å². The number of likely N-dealkylation sites (N-methyl/N-ethyl adjacent to an activating group) is 1. The first-order valence-electron chi connectivity index (χ1n) is 8.85. The van der Waals surface area contributed by atoms with Crippen molar-refractivity contribution in [1.82, 2.24) is 9.80 Å². The minimum absolute atomic E-state index is 0.149. The standard InChI is InChI=1S/C20H24N2O3S/c1-21(19(20(24)25)17-8-5-13-26-17)18(23)14-22-11-9-16(10-12-22)15-6-3-2-4-7-15/h2-8,13,16,19H,9-12,14H2,1H3,(H,24,25). The van der Waals surface area contributed by atoms with Gasteiger partial charge in [-0.25, -0.2) is 4.79 Å². The Kier molecular flexibility index (Phi) is 6.06. The molecule has 1 amide bonds. The van der Waals surface area contributed by atoms with Crippen molar-refractivity contribution in [3.8, 4) is 0 Å². The second-order valence-corrected chi connectivity index (χ2v) is 7.70. The van der Waals surface area contributed by atoms with Crippen LogP contribution in [-0.2, 0) is 9.59 Å². The summed E-state index contributed by atoms with van der Waals surface area (Å²) < 4.78 is 0. The number of nitrogens with zero attached hydrogens (tertiary/aromatic N) is 2. The molecule has 2 aromatic rings. The Labute approximate surface area is 157 Å². The Balaban J connectivity index is 1.56. The number of hydrogen-bond donors (Lipinski definition) is 1. The third kappa shape index (κ3) is 4.31. The van der Waals surface area contributed by atoms with Crippen LogP contribution in [0.2, 0.25) is 0 Å². The van der Waals surface area contributed by atoms with Gasteiger partial charge in [-0.15, -0.1) is 11.3 Å². The second kappa shape index (κ2) is 8.47. The topological polar surface area (TPSA) is 60.9 Å². The van der Waals surface area contributed by atoms with Crippen molar-refractivity contribution in [1.29, 1.82) is 0 Å². The number of aliphatic carboxylic acids is 1. The van der Waals surface area contributed by atoms with Crippen LogP contribution in [0.15, 0.2) is 47.8 Å². The molecular formula is C20H24N2O3S. The van der Waals surface area contributed by atoms with Gasteiger partial charge in [-0.3, -0.25) is 9.69 Å². The summed E-state index contributed by atoms with van der Waals surface area (Å²) in [5, 5.41) is 11.4. The predicted molar refractivity (Wildman–Crippen MR) is 102 cm³/mol. The predicted octanol–water partition coefficient (Wildman–Crippen LogP) is 3.21. The van der Waals surface area contributed by atoms with E-state index in [0.29, 0.717) is 10.8 Å². The minimum Gasteiger partial charge on any atom is -0.479 e. The molecule has 1 fully saturated rings. The fourth-order valence-corrected chi connectivity index (χ4v) is 4.38. The van der Waals surface area contributed by atoms with E-state index in [0.717, 1.165) is 25.9 Å². The molecule has 0 bridgehead atoms. The van der Waals surface area contributed by atoms with Crippen molar-refractivity contribution in [3.05, 3.63) is 58.3 Å². The molecule has 3 rings (SSSR count). The summed E-state index contributed by atoms with van der Waals surface area (Å²) in [6, 6.07) is 13.1. The van der Waals surface area contributed by atoms with Crippen molar-refractivity contribution in [3.63, 3.8) is 0 Å². The zero-order valence-corrected chi connectivity index (χ0v) is 15.7. The lowest BCUT2D eigenvalue weighted by Gasteiger charge is -2.33. The first kappa shape index (κ1) is 18.6. The number of benzene rings is 1. The van der Waals surface area contributed by atoms with E-state index in [-0.39, 0.29) is 12.5 Å². The number of carbonyl (C=O) groups is 2. The SMILES string of the molecule is CN(C(=O)CN1CCC(c2ccccc2)CC1)C(C(=O)O)c1cccs1. The molecule has 1 aromatic heterocycles. The van der Waals surface area contributed by atoms with Gasteiger partial charge >= 0.3 is 5.97 Å². The van der Waals surface area contributed by atoms with Gasteiger partial charge in [0.05, 0.1) is 6.54 Å². The molecule has 1 N–H and O–H groups in total. The van der Waals surface area contributed by atoms with Crippen LogP contribution in [-0.4, -0.2) is 53.5 Å². The minimum atomic E-state index is -0.994. The summed E-state index contributed by atoms with van der Waals surface area (Å²) in [4.78, 5) is 28.4. The number of rotatable bonds is 6. The lowest BCUT2D eigenvalue weighted by Crippen LogP contribution is -2.44. The Morgan fingerprint density at radius 1 is 1.19 bits per heavy atom. The smallest absolute Gasteiger partial charge is 0.331 e. The summed E-state index contributed by atoms with van der Waals surface area (Å²) in [6.45, 7) is 1.99. The van der Waals surface area contributed by atoms with Crippen LogP contribution in [0.3, 0.4) is 0 Å². The van der Waals surface area contributed by atoms with E-state index in [1.807, 2.05) is 17.5 Å². The highest BCUT2D eigenvalue weighted by Gasteiger charge is 2.30. The normalized spacial score (nSPS) is 17.0. The van der Waals surface area contributed by atoms with Crippen molar-refractivity contribution < 1.29 is 14.7 Å². The molecule has 0 saturated carbocycles. The van der Waals surface area contributed by atoms with Gasteiger partial charge in [-0.1, -0.05) is 36.4 Å². The summed E-state index contributed by atoms with van der Waals surface area (Å²) in [5.74, 6) is -0.604. The van der Waals surface area contributed by atoms with Crippen LogP contribution in [0.4, 0.5) is 0 Å². The van der Waals surface area contributed by atoms with Crippen LogP contribution in [0.5, 0.6) is 0 Å². The van der Waals surface area contributed by atoms with E-state index in [2.05, 4.69) is 29.2 Å². The van der Waals surface area contributed by atoms with Crippen molar-refractivity contribution in [2.45, 2.75) is 24.8 Å². The van der Waals surface area contributed by atoms with Crippen LogP contribution < -0.4 is 0 Å². The van der Waals surface area contributed by atoms with E-state index in [1.165, 1.54) is 21.8 Å². The molecule has 0 radical (unpaired) electrons. The Morgan fingerprint density at radius 3 is 2.46 bits per heavy atom. The third-order valence-electron chi connectivity index (χ3n) is 5.04. The van der Waals surface area contributed by atoms with Gasteiger partial charge in [-0.05, 0) is 48.9 Å². The fraction of sp³-hybridized carbons (Fsp3) is 0.400. The highest BCUT2D eigenvalue weighted by Crippen LogP contribution is 2.28. The summed E-state index contributed by atoms with van der Waals surface area (Å²) >= 11 is 1.36. The highest BCUT2D eigenvalue weighted by atomic mass is 32.1. The van der Waals surface area contributed by atoms with Crippen LogP contribution in [0.25, 0.3) is 0 Å². The molecule has 1 aliphatic rings. The number of carboxylic acids is 1. The van der Waals surface area contributed by atoms with E-state index < -0.39 is 12.0 Å². The number of amides is 1. The lowest BCUT2D eigenvalue weighted by atomic mass is 9.89. The number of thiophene rings is 1. The molecule has 0 spiro atoms. The van der Waals surface area contributed by atoms with Gasteiger partial charge in [0.15, 0.2) is 6.04 Å². The van der Waals surface area contributed by atoms with Gasteiger partial charge in [0.2, 0.25) is 5.91 Å². The number of likely N-dealkylation sites (tertiary alicyclic amines) is 1. The maximum Gasteiger partial charge on any atom is 0.331 e. The molecule has 0 aliphatic carbocycles. The van der Waals surface area contributed by atoms with E-state index in [1.54, 1.807) is 13.1 Å². The molecular weight excluding hydrogens is 348 g/mol. The lowest BCUT2D eigenvalue weighted by molar-refractivity contribution is -0.149. The molecule has 138 valence electrons. The van der Waals surface area contributed by atoms with Gasteiger partial charge in [-0.2, -0.15) is 0 Å². The number of hydrogen-bond acceptors (Lipinski definition) is 4. The molecule has 26 heavy (non-hydrogen) atoms. The fourth-order valence-electron chi connectivity index (χ4n) is 3.52. The Bertz CT molecular complexity index is 725. The quantitative estimate of drug-likeness (QED) is 0.846. The summed E-state index contributed by atoms with van der Waals surface area (Å²) in [7, 11) is 1.58. The van der Waals surface area contributed by atoms with Crippen LogP contribution in [0, 0.1) is 0 Å². The first-order valence-corrected chi connectivity index (χ1v) is 9.73. The number of piperidine rings is 1. The molecule has 5 nitrogen and oxygen atoms in total.